The van der Waals surface area contributed by atoms with Gasteiger partial charge in [-0.15, -0.1) is 11.3 Å². The molecule has 0 bridgehead atoms. The Kier molecular flexibility index (Phi) is 5.79. The summed E-state index contributed by atoms with van der Waals surface area (Å²) in [5.41, 5.74) is 1.21. The summed E-state index contributed by atoms with van der Waals surface area (Å²) in [5, 5.41) is 6.50. The van der Waals surface area contributed by atoms with Gasteiger partial charge in [0, 0.05) is 17.8 Å². The van der Waals surface area contributed by atoms with Gasteiger partial charge >= 0.3 is 6.03 Å². The third kappa shape index (κ3) is 3.84. The van der Waals surface area contributed by atoms with E-state index in [1.54, 1.807) is 36.4 Å². The zero-order chi connectivity index (χ0) is 24.7. The molecule has 1 aliphatic heterocycles. The molecule has 5 rings (SSSR count). The Morgan fingerprint density at radius 1 is 1.06 bits per heavy atom. The minimum absolute atomic E-state index is 0.279. The van der Waals surface area contributed by atoms with Crippen LogP contribution in [0.4, 0.5) is 27.7 Å². The lowest BCUT2D eigenvalue weighted by Gasteiger charge is -2.28. The van der Waals surface area contributed by atoms with E-state index in [4.69, 9.17) is 25.8 Å². The third-order valence-electron chi connectivity index (χ3n) is 5.36. The molecule has 0 spiro atoms. The number of thiophene rings is 1. The molecule has 178 valence electrons. The van der Waals surface area contributed by atoms with Crippen LogP contribution < -0.4 is 29.7 Å². The minimum Gasteiger partial charge on any atom is -0.497 e. The standard InChI is InChI=1S/C23H18ClN5O5S/c1-32-12-5-6-13(24)14(9-12)29-20-17-18(28-23(29)31)19(35-22(17)26-10-25-20)21(30)27-11-4-7-15(33-2)16(8-11)34-3/h4-10H,1-3H3,(H,27,30)(H,28,31). The highest BCUT2D eigenvalue weighted by Crippen LogP contribution is 2.46. The van der Waals surface area contributed by atoms with Gasteiger partial charge < -0.3 is 24.8 Å². The number of rotatable bonds is 6. The molecule has 3 heterocycles. The second kappa shape index (κ2) is 8.93. The molecule has 4 aromatic rings. The van der Waals surface area contributed by atoms with E-state index in [-0.39, 0.29) is 4.88 Å². The summed E-state index contributed by atoms with van der Waals surface area (Å²) in [6, 6.07) is 9.46. The van der Waals surface area contributed by atoms with Gasteiger partial charge in [0.2, 0.25) is 0 Å². The van der Waals surface area contributed by atoms with Gasteiger partial charge in [0.25, 0.3) is 5.91 Å². The van der Waals surface area contributed by atoms with Gasteiger partial charge in [0.1, 0.15) is 21.8 Å². The van der Waals surface area contributed by atoms with Crippen LogP contribution in [-0.2, 0) is 0 Å². The molecular weight excluding hydrogens is 494 g/mol. The fraction of sp³-hybridized carbons (Fsp3) is 0.130. The number of amides is 3. The number of nitrogens with one attached hydrogen (secondary N) is 2. The Labute approximate surface area is 208 Å². The van der Waals surface area contributed by atoms with Crippen molar-refractivity contribution in [1.82, 2.24) is 9.97 Å². The van der Waals surface area contributed by atoms with Gasteiger partial charge in [0.15, 0.2) is 17.3 Å². The lowest BCUT2D eigenvalue weighted by Crippen LogP contribution is -2.35. The predicted octanol–water partition coefficient (Wildman–Crippen LogP) is 5.31. The van der Waals surface area contributed by atoms with Crippen LogP contribution in [0.15, 0.2) is 42.7 Å². The molecule has 10 nitrogen and oxygen atoms in total. The van der Waals surface area contributed by atoms with E-state index in [0.717, 1.165) is 11.3 Å². The number of carbonyl (C=O) groups is 2. The van der Waals surface area contributed by atoms with Crippen LogP contribution in [0.5, 0.6) is 17.2 Å². The van der Waals surface area contributed by atoms with E-state index in [1.165, 1.54) is 32.6 Å². The molecule has 0 saturated heterocycles. The molecule has 2 aromatic carbocycles. The Bertz CT molecular complexity index is 1490. The van der Waals surface area contributed by atoms with Gasteiger partial charge in [-0.05, 0) is 24.3 Å². The highest BCUT2D eigenvalue weighted by Gasteiger charge is 2.35. The van der Waals surface area contributed by atoms with Crippen molar-refractivity contribution in [2.24, 2.45) is 0 Å². The zero-order valence-electron chi connectivity index (χ0n) is 18.7. The first-order chi connectivity index (χ1) is 16.9. The second-order valence-corrected chi connectivity index (χ2v) is 8.70. The van der Waals surface area contributed by atoms with E-state index in [2.05, 4.69) is 20.6 Å². The van der Waals surface area contributed by atoms with Gasteiger partial charge in [-0.1, -0.05) is 11.6 Å². The Balaban J connectivity index is 1.57. The van der Waals surface area contributed by atoms with Crippen molar-refractivity contribution in [3.8, 4) is 17.2 Å². The fourth-order valence-corrected chi connectivity index (χ4v) is 4.93. The van der Waals surface area contributed by atoms with Gasteiger partial charge in [-0.2, -0.15) is 0 Å². The number of hydrogen-bond acceptors (Lipinski definition) is 8. The van der Waals surface area contributed by atoms with Crippen molar-refractivity contribution in [2.45, 2.75) is 0 Å². The summed E-state index contributed by atoms with van der Waals surface area (Å²) in [6.45, 7) is 0. The van der Waals surface area contributed by atoms with Gasteiger partial charge in [0.05, 0.1) is 43.1 Å². The number of ether oxygens (including phenoxy) is 3. The lowest BCUT2D eigenvalue weighted by atomic mass is 10.2. The number of aromatic nitrogens is 2. The number of methoxy groups -OCH3 is 3. The fourth-order valence-electron chi connectivity index (χ4n) is 3.74. The zero-order valence-corrected chi connectivity index (χ0v) is 20.3. The highest BCUT2D eigenvalue weighted by atomic mass is 35.5. The molecule has 0 fully saturated rings. The number of anilines is 4. The van der Waals surface area contributed by atoms with Crippen LogP contribution in [0.3, 0.4) is 0 Å². The Morgan fingerprint density at radius 3 is 2.60 bits per heavy atom. The number of hydrogen-bond donors (Lipinski definition) is 2. The summed E-state index contributed by atoms with van der Waals surface area (Å²) in [5.74, 6) is 1.41. The van der Waals surface area contributed by atoms with Gasteiger partial charge in [-0.3, -0.25) is 4.79 Å². The Hall–Kier alpha value is -4.09. The van der Waals surface area contributed by atoms with Crippen LogP contribution in [0.2, 0.25) is 5.02 Å². The van der Waals surface area contributed by atoms with Crippen molar-refractivity contribution in [3.63, 3.8) is 0 Å². The predicted molar refractivity (Wildman–Crippen MR) is 134 cm³/mol. The maximum absolute atomic E-state index is 13.2. The summed E-state index contributed by atoms with van der Waals surface area (Å²) in [7, 11) is 4.56. The first kappa shape index (κ1) is 22.7. The van der Waals surface area contributed by atoms with Crippen molar-refractivity contribution in [3.05, 3.63) is 52.6 Å². The van der Waals surface area contributed by atoms with Crippen LogP contribution in [0.1, 0.15) is 9.67 Å². The topological polar surface area (TPSA) is 115 Å². The maximum atomic E-state index is 13.2. The molecule has 0 saturated carbocycles. The van der Waals surface area contributed by atoms with E-state index in [1.807, 2.05) is 0 Å². The summed E-state index contributed by atoms with van der Waals surface area (Å²) in [4.78, 5) is 37.3. The lowest BCUT2D eigenvalue weighted by molar-refractivity contribution is 0.103. The molecule has 1 aliphatic rings. The summed E-state index contributed by atoms with van der Waals surface area (Å²) >= 11 is 7.55. The molecule has 12 heteroatoms. The number of urea groups is 1. The summed E-state index contributed by atoms with van der Waals surface area (Å²) < 4.78 is 15.8. The van der Waals surface area contributed by atoms with Crippen molar-refractivity contribution < 1.29 is 23.8 Å². The molecule has 2 aromatic heterocycles. The van der Waals surface area contributed by atoms with E-state index < -0.39 is 11.9 Å². The van der Waals surface area contributed by atoms with Crippen molar-refractivity contribution >= 4 is 68.0 Å². The number of carbonyl (C=O) groups excluding carboxylic acids is 2. The molecule has 3 amide bonds. The molecular formula is C23H18ClN5O5S. The SMILES string of the molecule is COc1ccc(Cl)c(N2C(=O)Nc3c(C(=O)Nc4ccc(OC)c(OC)c4)sc4ncnc2c34)c1. The van der Waals surface area contributed by atoms with Crippen LogP contribution in [0, 0.1) is 0 Å². The van der Waals surface area contributed by atoms with Crippen molar-refractivity contribution in [2.75, 3.05) is 36.9 Å². The van der Waals surface area contributed by atoms with E-state index >= 15 is 0 Å². The third-order valence-corrected chi connectivity index (χ3v) is 6.77. The number of benzene rings is 2. The van der Waals surface area contributed by atoms with Crippen LogP contribution in [0.25, 0.3) is 10.2 Å². The highest BCUT2D eigenvalue weighted by molar-refractivity contribution is 7.21. The molecule has 0 aliphatic carbocycles. The summed E-state index contributed by atoms with van der Waals surface area (Å²) in [6.07, 6.45) is 1.34. The quantitative estimate of drug-likeness (QED) is 0.360. The second-order valence-electron chi connectivity index (χ2n) is 7.29. The molecule has 0 atom stereocenters. The first-order valence-electron chi connectivity index (χ1n) is 10.2. The number of nitrogens with zero attached hydrogens (tertiary/aromatic N) is 3. The molecule has 35 heavy (non-hydrogen) atoms. The maximum Gasteiger partial charge on any atom is 0.332 e. The first-order valence-corrected chi connectivity index (χ1v) is 11.4. The van der Waals surface area contributed by atoms with Crippen molar-refractivity contribution in [1.29, 1.82) is 0 Å². The van der Waals surface area contributed by atoms with Crippen LogP contribution in [-0.4, -0.2) is 43.2 Å². The van der Waals surface area contributed by atoms with E-state index in [9.17, 15) is 9.59 Å². The van der Waals surface area contributed by atoms with Crippen LogP contribution >= 0.6 is 22.9 Å². The minimum atomic E-state index is -0.522. The average molecular weight is 512 g/mol. The molecule has 0 unspecified atom stereocenters. The smallest absolute Gasteiger partial charge is 0.332 e. The average Bonchev–Trinajstić information content (AvgIpc) is 3.24. The molecule has 0 radical (unpaired) electrons. The van der Waals surface area contributed by atoms with Gasteiger partial charge in [-0.25, -0.2) is 19.7 Å². The Morgan fingerprint density at radius 2 is 1.86 bits per heavy atom. The number of halogens is 1. The normalized spacial score (nSPS) is 12.3. The largest absolute Gasteiger partial charge is 0.497 e. The molecule has 2 N–H and O–H groups in total. The monoisotopic (exact) mass is 511 g/mol. The van der Waals surface area contributed by atoms with E-state index in [0.29, 0.717) is 55.4 Å².